The molecule has 1 aliphatic carbocycles. The summed E-state index contributed by atoms with van der Waals surface area (Å²) in [7, 11) is 3.69. The molecule has 2 aromatic rings. The number of benzene rings is 1. The van der Waals surface area contributed by atoms with E-state index < -0.39 is 0 Å². The smallest absolute Gasteiger partial charge is 0.223 e. The monoisotopic (exact) mass is 381 g/mol. The van der Waals surface area contributed by atoms with Crippen molar-refractivity contribution in [3.05, 3.63) is 47.5 Å². The van der Waals surface area contributed by atoms with Crippen molar-refractivity contribution in [2.45, 2.75) is 64.0 Å². The summed E-state index contributed by atoms with van der Waals surface area (Å²) < 4.78 is 7.42. The summed E-state index contributed by atoms with van der Waals surface area (Å²) in [6.07, 6.45) is 12.4. The Morgan fingerprint density at radius 3 is 2.75 bits per heavy atom. The summed E-state index contributed by atoms with van der Waals surface area (Å²) in [4.78, 5) is 19.6. The van der Waals surface area contributed by atoms with Gasteiger partial charge in [0.2, 0.25) is 5.91 Å². The maximum absolute atomic E-state index is 13.3. The van der Waals surface area contributed by atoms with E-state index in [1.807, 2.05) is 17.8 Å². The van der Waals surface area contributed by atoms with E-state index in [1.54, 1.807) is 13.4 Å². The van der Waals surface area contributed by atoms with Gasteiger partial charge in [0.15, 0.2) is 0 Å². The van der Waals surface area contributed by atoms with Crippen molar-refractivity contribution in [3.8, 4) is 5.75 Å². The molecule has 1 unspecified atom stereocenters. The van der Waals surface area contributed by atoms with Crippen LogP contribution in [-0.4, -0.2) is 33.5 Å². The fourth-order valence-corrected chi connectivity index (χ4v) is 4.93. The lowest BCUT2D eigenvalue weighted by Crippen LogP contribution is -2.48. The molecule has 2 aliphatic rings. The Kier molecular flexibility index (Phi) is 5.69. The minimum atomic E-state index is 0.269. The van der Waals surface area contributed by atoms with Gasteiger partial charge in [0.05, 0.1) is 13.4 Å². The van der Waals surface area contributed by atoms with Crippen LogP contribution in [0, 0.1) is 5.92 Å². The second-order valence-corrected chi connectivity index (χ2v) is 8.32. The average Bonchev–Trinajstić information content (AvgIpc) is 3.16. The number of fused-ring (bicyclic) bond motifs is 1. The van der Waals surface area contributed by atoms with Gasteiger partial charge in [0.1, 0.15) is 5.75 Å². The first-order chi connectivity index (χ1) is 13.7. The highest BCUT2D eigenvalue weighted by molar-refractivity contribution is 5.77. The summed E-state index contributed by atoms with van der Waals surface area (Å²) >= 11 is 0. The van der Waals surface area contributed by atoms with E-state index in [0.717, 1.165) is 24.3 Å². The molecule has 0 radical (unpaired) electrons. The Balaban J connectivity index is 1.55. The van der Waals surface area contributed by atoms with Crippen molar-refractivity contribution >= 4 is 5.91 Å². The zero-order valence-corrected chi connectivity index (χ0v) is 17.1. The summed E-state index contributed by atoms with van der Waals surface area (Å²) in [6, 6.07) is 6.69. The molecule has 1 saturated carbocycles. The molecule has 5 heteroatoms. The third kappa shape index (κ3) is 3.94. The fraction of sp³-hybridized carbons (Fsp3) is 0.565. The molecule has 1 aromatic heterocycles. The molecule has 2 heterocycles. The number of carbonyl (C=O) groups is 1. The lowest BCUT2D eigenvalue weighted by Gasteiger charge is -2.43. The van der Waals surface area contributed by atoms with Crippen LogP contribution in [0.4, 0.5) is 0 Å². The van der Waals surface area contributed by atoms with Gasteiger partial charge in [-0.2, -0.15) is 0 Å². The van der Waals surface area contributed by atoms with Gasteiger partial charge < -0.3 is 14.2 Å². The van der Waals surface area contributed by atoms with Crippen LogP contribution in [0.1, 0.15) is 55.3 Å². The van der Waals surface area contributed by atoms with Crippen LogP contribution in [0.3, 0.4) is 0 Å². The molecule has 4 rings (SSSR count). The number of nitrogens with zero attached hydrogens (tertiary/aromatic N) is 3. The van der Waals surface area contributed by atoms with Crippen molar-refractivity contribution < 1.29 is 9.53 Å². The van der Waals surface area contributed by atoms with Crippen LogP contribution in [0.2, 0.25) is 0 Å². The van der Waals surface area contributed by atoms with Gasteiger partial charge in [-0.25, -0.2) is 4.98 Å². The highest BCUT2D eigenvalue weighted by atomic mass is 16.5. The summed E-state index contributed by atoms with van der Waals surface area (Å²) in [5.74, 6) is 1.77. The lowest BCUT2D eigenvalue weighted by atomic mass is 9.78. The van der Waals surface area contributed by atoms with Crippen LogP contribution in [0.5, 0.6) is 5.75 Å². The van der Waals surface area contributed by atoms with Crippen molar-refractivity contribution in [2.75, 3.05) is 7.11 Å². The Morgan fingerprint density at radius 2 is 2.04 bits per heavy atom. The van der Waals surface area contributed by atoms with Gasteiger partial charge in [-0.3, -0.25) is 4.79 Å². The molecular weight excluding hydrogens is 350 g/mol. The predicted molar refractivity (Wildman–Crippen MR) is 109 cm³/mol. The van der Waals surface area contributed by atoms with E-state index in [2.05, 4.69) is 28.1 Å². The lowest BCUT2D eigenvalue weighted by molar-refractivity contribution is -0.136. The van der Waals surface area contributed by atoms with Crippen molar-refractivity contribution in [1.82, 2.24) is 14.5 Å². The molecule has 1 aliphatic heterocycles. The van der Waals surface area contributed by atoms with E-state index in [0.29, 0.717) is 24.9 Å². The number of methoxy groups -OCH3 is 1. The van der Waals surface area contributed by atoms with E-state index >= 15 is 0 Å². The highest BCUT2D eigenvalue weighted by Gasteiger charge is 2.35. The van der Waals surface area contributed by atoms with E-state index in [9.17, 15) is 4.79 Å². The van der Waals surface area contributed by atoms with Gasteiger partial charge >= 0.3 is 0 Å². The molecule has 0 saturated heterocycles. The van der Waals surface area contributed by atoms with Crippen LogP contribution >= 0.6 is 0 Å². The number of hydrogen-bond donors (Lipinski definition) is 0. The second-order valence-electron chi connectivity index (χ2n) is 8.32. The van der Waals surface area contributed by atoms with Crippen molar-refractivity contribution in [1.29, 1.82) is 0 Å². The molecule has 1 amide bonds. The summed E-state index contributed by atoms with van der Waals surface area (Å²) in [5.41, 5.74) is 3.73. The molecule has 150 valence electrons. The van der Waals surface area contributed by atoms with Crippen LogP contribution < -0.4 is 4.74 Å². The molecule has 1 fully saturated rings. The molecule has 0 N–H and O–H groups in total. The van der Waals surface area contributed by atoms with Gasteiger partial charge in [-0.15, -0.1) is 0 Å². The van der Waals surface area contributed by atoms with Gasteiger partial charge in [0, 0.05) is 37.9 Å². The van der Waals surface area contributed by atoms with Crippen LogP contribution in [-0.2, 0) is 31.2 Å². The molecule has 0 spiro atoms. The second kappa shape index (κ2) is 8.38. The Labute approximate surface area is 167 Å². The van der Waals surface area contributed by atoms with Gasteiger partial charge in [-0.05, 0) is 54.9 Å². The molecule has 28 heavy (non-hydrogen) atoms. The zero-order chi connectivity index (χ0) is 19.5. The number of ether oxygens (including phenoxy) is 1. The Hall–Kier alpha value is -2.30. The molecule has 5 nitrogen and oxygen atoms in total. The minimum Gasteiger partial charge on any atom is -0.497 e. The minimum absolute atomic E-state index is 0.269. The number of amides is 1. The standard InChI is InChI=1S/C23H31N3O2/c1-25-16-24-14-20(25)9-11-23(27)26-15-19-12-21(28-2)10-8-18(19)13-22(26)17-6-4-3-5-7-17/h8,10,12,14,16-17,22H,3-7,9,11,13,15H2,1-2H3. The number of carbonyl (C=O) groups excluding carboxylic acids is 1. The maximum atomic E-state index is 13.3. The normalized spacial score (nSPS) is 20.1. The number of rotatable bonds is 5. The SMILES string of the molecule is COc1ccc2c(c1)CN(C(=O)CCc1cncn1C)C(C1CCCCC1)C2. The predicted octanol–water partition coefficient (Wildman–Crippen LogP) is 3.90. The maximum Gasteiger partial charge on any atom is 0.223 e. The number of aryl methyl sites for hydroxylation is 2. The molecule has 1 atom stereocenters. The third-order valence-corrected chi connectivity index (χ3v) is 6.61. The first-order valence-corrected chi connectivity index (χ1v) is 10.6. The fourth-order valence-electron chi connectivity index (χ4n) is 4.93. The molecule has 0 bridgehead atoms. The summed E-state index contributed by atoms with van der Waals surface area (Å²) in [6.45, 7) is 0.706. The first-order valence-electron chi connectivity index (χ1n) is 10.6. The van der Waals surface area contributed by atoms with Crippen LogP contribution in [0.25, 0.3) is 0 Å². The quantitative estimate of drug-likeness (QED) is 0.789. The highest BCUT2D eigenvalue weighted by Crippen LogP contribution is 2.36. The van der Waals surface area contributed by atoms with Crippen molar-refractivity contribution in [2.24, 2.45) is 13.0 Å². The third-order valence-electron chi connectivity index (χ3n) is 6.61. The number of aromatic nitrogens is 2. The van der Waals surface area contributed by atoms with Gasteiger partial charge in [0.25, 0.3) is 0 Å². The van der Waals surface area contributed by atoms with Crippen molar-refractivity contribution in [3.63, 3.8) is 0 Å². The van der Waals surface area contributed by atoms with E-state index in [4.69, 9.17) is 4.74 Å². The topological polar surface area (TPSA) is 47.4 Å². The summed E-state index contributed by atoms with van der Waals surface area (Å²) in [5, 5.41) is 0. The molecule has 1 aromatic carbocycles. The number of imidazole rings is 1. The largest absolute Gasteiger partial charge is 0.497 e. The van der Waals surface area contributed by atoms with E-state index in [-0.39, 0.29) is 5.91 Å². The van der Waals surface area contributed by atoms with E-state index in [1.165, 1.54) is 43.2 Å². The Bertz CT molecular complexity index is 823. The number of hydrogen-bond acceptors (Lipinski definition) is 3. The van der Waals surface area contributed by atoms with Gasteiger partial charge in [-0.1, -0.05) is 25.3 Å². The average molecular weight is 382 g/mol. The Morgan fingerprint density at radius 1 is 1.21 bits per heavy atom. The zero-order valence-electron chi connectivity index (χ0n) is 17.1. The molecular formula is C23H31N3O2. The van der Waals surface area contributed by atoms with Crippen LogP contribution in [0.15, 0.2) is 30.7 Å². The first kappa shape index (κ1) is 19.0.